The number of rotatable bonds is 9. The summed E-state index contributed by atoms with van der Waals surface area (Å²) in [5, 5.41) is 17.2. The van der Waals surface area contributed by atoms with Crippen molar-refractivity contribution < 1.29 is 0 Å². The van der Waals surface area contributed by atoms with Gasteiger partial charge in [0.1, 0.15) is 5.82 Å². The second kappa shape index (κ2) is 12.4. The van der Waals surface area contributed by atoms with Crippen LogP contribution in [0.1, 0.15) is 45.1 Å². The monoisotopic (exact) mass is 473 g/mol. The largest absolute Gasteiger partial charge is 0.374 e. The first kappa shape index (κ1) is 26.2. The third kappa shape index (κ3) is 6.83. The Balaban J connectivity index is 0.00000342. The van der Waals surface area contributed by atoms with Gasteiger partial charge in [-0.25, -0.2) is 4.98 Å². The Labute approximate surface area is 210 Å². The normalized spacial score (nSPS) is 17.3. The smallest absolute Gasteiger partial charge is 0.225 e. The maximum Gasteiger partial charge on any atom is 0.225 e. The lowest BCUT2D eigenvalue weighted by molar-refractivity contribution is 0.352. The summed E-state index contributed by atoms with van der Waals surface area (Å²) < 4.78 is 0. The lowest BCUT2D eigenvalue weighted by Gasteiger charge is -2.30. The van der Waals surface area contributed by atoms with Crippen LogP contribution in [0.4, 0.5) is 17.5 Å². The van der Waals surface area contributed by atoms with Crippen molar-refractivity contribution in [2.45, 2.75) is 58.2 Å². The summed E-state index contributed by atoms with van der Waals surface area (Å²) in [6.45, 7) is 1.64. The summed E-state index contributed by atoms with van der Waals surface area (Å²) in [4.78, 5) is 13.7. The van der Waals surface area contributed by atoms with Gasteiger partial charge in [-0.15, -0.1) is 0 Å². The number of nitriles is 1. The molecule has 0 spiro atoms. The van der Waals surface area contributed by atoms with Crippen LogP contribution in [0.5, 0.6) is 0 Å². The molecule has 1 saturated carbocycles. The molecule has 2 aromatic carbocycles. The summed E-state index contributed by atoms with van der Waals surface area (Å²) in [5.41, 5.74) is 3.42. The first-order chi connectivity index (χ1) is 16.5. The molecule has 0 radical (unpaired) electrons. The van der Waals surface area contributed by atoms with Gasteiger partial charge in [0, 0.05) is 57.4 Å². The van der Waals surface area contributed by atoms with Crippen LogP contribution in [0.15, 0.2) is 48.5 Å². The third-order valence-corrected chi connectivity index (χ3v) is 6.60. The number of fused-ring (bicyclic) bond motifs is 1. The highest BCUT2D eigenvalue weighted by atomic mass is 15.2. The molecule has 1 aromatic heterocycles. The standard InChI is InChI=1S/C27H35N7.CH4/c1-33(2)26-24-7-4-5-8-25(24)31-27(32-26)30-22-13-11-21(12-14-22)29-19-20-9-15-23(16-10-20)34(3)18-6-17-28;/h4-5,7-10,15-16,21-22,29H,6,11-14,18-19H2,1-3H3,(H,30,31,32);1H4. The minimum absolute atomic E-state index is 0. The fourth-order valence-electron chi connectivity index (χ4n) is 4.57. The molecule has 7 heteroatoms. The second-order valence-electron chi connectivity index (χ2n) is 9.35. The quantitative estimate of drug-likeness (QED) is 0.442. The molecule has 186 valence electrons. The highest BCUT2D eigenvalue weighted by molar-refractivity contribution is 5.90. The molecular weight excluding hydrogens is 434 g/mol. The Hall–Kier alpha value is -3.37. The summed E-state index contributed by atoms with van der Waals surface area (Å²) in [6.07, 6.45) is 5.03. The maximum absolute atomic E-state index is 8.76. The summed E-state index contributed by atoms with van der Waals surface area (Å²) in [5.74, 6) is 1.67. The SMILES string of the molecule is C.CN(C)c1nc(NC2CCC(NCc3ccc(N(C)CCC#N)cc3)CC2)nc2ccccc12. The van der Waals surface area contributed by atoms with E-state index in [1.54, 1.807) is 0 Å². The van der Waals surface area contributed by atoms with E-state index in [4.69, 9.17) is 15.2 Å². The molecule has 0 bridgehead atoms. The van der Waals surface area contributed by atoms with E-state index in [0.29, 0.717) is 18.5 Å². The number of benzene rings is 2. The third-order valence-electron chi connectivity index (χ3n) is 6.60. The highest BCUT2D eigenvalue weighted by Crippen LogP contribution is 2.26. The predicted molar refractivity (Wildman–Crippen MR) is 147 cm³/mol. The van der Waals surface area contributed by atoms with Gasteiger partial charge in [-0.3, -0.25) is 0 Å². The first-order valence-corrected chi connectivity index (χ1v) is 12.1. The van der Waals surface area contributed by atoms with Crippen molar-refractivity contribution in [3.05, 3.63) is 54.1 Å². The van der Waals surface area contributed by atoms with E-state index in [1.807, 2.05) is 44.2 Å². The van der Waals surface area contributed by atoms with Gasteiger partial charge < -0.3 is 20.4 Å². The van der Waals surface area contributed by atoms with Crippen molar-refractivity contribution in [2.75, 3.05) is 42.8 Å². The number of nitrogens with zero attached hydrogens (tertiary/aromatic N) is 5. The van der Waals surface area contributed by atoms with Gasteiger partial charge in [-0.1, -0.05) is 31.7 Å². The lowest BCUT2D eigenvalue weighted by Crippen LogP contribution is -2.37. The van der Waals surface area contributed by atoms with Crippen LogP contribution < -0.4 is 20.4 Å². The van der Waals surface area contributed by atoms with Crippen molar-refractivity contribution in [3.8, 4) is 6.07 Å². The number of para-hydroxylation sites is 1. The highest BCUT2D eigenvalue weighted by Gasteiger charge is 2.22. The van der Waals surface area contributed by atoms with Gasteiger partial charge in [0.2, 0.25) is 5.95 Å². The summed E-state index contributed by atoms with van der Waals surface area (Å²) in [6, 6.07) is 20.0. The lowest BCUT2D eigenvalue weighted by atomic mass is 9.91. The van der Waals surface area contributed by atoms with Crippen LogP contribution in [-0.2, 0) is 6.54 Å². The molecule has 0 atom stereocenters. The molecular formula is C28H39N7. The van der Waals surface area contributed by atoms with Gasteiger partial charge in [0.05, 0.1) is 18.0 Å². The Kier molecular flexibility index (Phi) is 9.27. The maximum atomic E-state index is 8.76. The van der Waals surface area contributed by atoms with Gasteiger partial charge in [-0.2, -0.15) is 10.2 Å². The van der Waals surface area contributed by atoms with Crippen LogP contribution in [0.2, 0.25) is 0 Å². The molecule has 3 aromatic rings. The molecule has 1 heterocycles. The molecule has 0 aliphatic heterocycles. The van der Waals surface area contributed by atoms with E-state index in [0.717, 1.165) is 67.1 Å². The van der Waals surface area contributed by atoms with Crippen LogP contribution >= 0.6 is 0 Å². The van der Waals surface area contributed by atoms with E-state index in [2.05, 4.69) is 51.9 Å². The average Bonchev–Trinajstić information content (AvgIpc) is 2.86. The van der Waals surface area contributed by atoms with E-state index in [9.17, 15) is 0 Å². The van der Waals surface area contributed by atoms with Gasteiger partial charge in [0.25, 0.3) is 0 Å². The van der Waals surface area contributed by atoms with Crippen LogP contribution in [-0.4, -0.2) is 49.7 Å². The zero-order chi connectivity index (χ0) is 23.9. The molecule has 0 unspecified atom stereocenters. The Morgan fingerprint density at radius 2 is 1.63 bits per heavy atom. The Morgan fingerprint density at radius 1 is 0.943 bits per heavy atom. The zero-order valence-electron chi connectivity index (χ0n) is 20.5. The zero-order valence-corrected chi connectivity index (χ0v) is 20.5. The van der Waals surface area contributed by atoms with Crippen molar-refractivity contribution in [2.24, 2.45) is 0 Å². The van der Waals surface area contributed by atoms with E-state index in [1.165, 1.54) is 5.56 Å². The van der Waals surface area contributed by atoms with Crippen LogP contribution in [0.3, 0.4) is 0 Å². The molecule has 1 fully saturated rings. The Morgan fingerprint density at radius 3 is 2.31 bits per heavy atom. The van der Waals surface area contributed by atoms with Crippen molar-refractivity contribution in [1.82, 2.24) is 15.3 Å². The van der Waals surface area contributed by atoms with Crippen LogP contribution in [0, 0.1) is 11.3 Å². The molecule has 0 amide bonds. The molecule has 0 saturated heterocycles. The molecule has 35 heavy (non-hydrogen) atoms. The number of anilines is 3. The van der Waals surface area contributed by atoms with Crippen molar-refractivity contribution in [1.29, 1.82) is 5.26 Å². The number of aromatic nitrogens is 2. The number of hydrogen-bond acceptors (Lipinski definition) is 7. The molecule has 7 nitrogen and oxygen atoms in total. The summed E-state index contributed by atoms with van der Waals surface area (Å²) in [7, 11) is 6.08. The molecule has 1 aliphatic carbocycles. The van der Waals surface area contributed by atoms with E-state index < -0.39 is 0 Å². The van der Waals surface area contributed by atoms with E-state index in [-0.39, 0.29) is 7.43 Å². The fourth-order valence-corrected chi connectivity index (χ4v) is 4.57. The van der Waals surface area contributed by atoms with Gasteiger partial charge >= 0.3 is 0 Å². The number of nitrogens with one attached hydrogen (secondary N) is 2. The molecule has 1 aliphatic rings. The van der Waals surface area contributed by atoms with Gasteiger partial charge in [-0.05, 0) is 55.5 Å². The molecule has 4 rings (SSSR count). The van der Waals surface area contributed by atoms with Crippen LogP contribution in [0.25, 0.3) is 10.9 Å². The topological polar surface area (TPSA) is 80.1 Å². The fraction of sp³-hybridized carbons (Fsp3) is 0.464. The predicted octanol–water partition coefficient (Wildman–Crippen LogP) is 5.19. The molecule has 2 N–H and O–H groups in total. The number of hydrogen-bond donors (Lipinski definition) is 2. The van der Waals surface area contributed by atoms with E-state index >= 15 is 0 Å². The van der Waals surface area contributed by atoms with Crippen molar-refractivity contribution >= 4 is 28.4 Å². The second-order valence-corrected chi connectivity index (χ2v) is 9.35. The first-order valence-electron chi connectivity index (χ1n) is 12.1. The van der Waals surface area contributed by atoms with Crippen molar-refractivity contribution in [3.63, 3.8) is 0 Å². The summed E-state index contributed by atoms with van der Waals surface area (Å²) >= 11 is 0. The Bertz CT molecular complexity index is 1110. The average molecular weight is 474 g/mol. The minimum atomic E-state index is 0. The van der Waals surface area contributed by atoms with Gasteiger partial charge in [0.15, 0.2) is 0 Å². The minimum Gasteiger partial charge on any atom is -0.374 e.